The van der Waals surface area contributed by atoms with Crippen molar-refractivity contribution in [2.75, 3.05) is 36.4 Å². The van der Waals surface area contributed by atoms with Gasteiger partial charge in [-0.15, -0.1) is 11.3 Å². The molecule has 7 heteroatoms. The zero-order chi connectivity index (χ0) is 23.2. The number of thiocarbonyl (C=S) groups is 1. The Morgan fingerprint density at radius 1 is 1.12 bits per heavy atom. The number of nitrogens with one attached hydrogen (secondary N) is 1. The number of para-hydroxylation sites is 1. The van der Waals surface area contributed by atoms with Crippen molar-refractivity contribution < 1.29 is 0 Å². The second-order valence-corrected chi connectivity index (χ2v) is 11.6. The first-order valence-electron chi connectivity index (χ1n) is 12.8. The van der Waals surface area contributed by atoms with Crippen LogP contribution in [0.5, 0.6) is 0 Å². The first-order valence-corrected chi connectivity index (χ1v) is 14.0. The van der Waals surface area contributed by atoms with Gasteiger partial charge in [0.2, 0.25) is 0 Å². The Kier molecular flexibility index (Phi) is 5.94. The number of thiophene rings is 1. The standard InChI is InChI=1S/C27H33N5S2/c1-3-18-6-4-5-7-21(18)28-27(33)32-14-12-31(13-15-32)25-23-20-11-8-17(2)16-22(20)34-26(23)30-24(29-25)19-9-10-19/h4-7,17,19H,3,8-16H2,1-2H3,(H,28,33)/t17-/m0/s1. The van der Waals surface area contributed by atoms with Crippen LogP contribution in [0.1, 0.15) is 60.9 Å². The lowest BCUT2D eigenvalue weighted by molar-refractivity contribution is 0.390. The fourth-order valence-corrected chi connectivity index (χ4v) is 7.04. The highest BCUT2D eigenvalue weighted by Gasteiger charge is 2.32. The molecular formula is C27H33N5S2. The summed E-state index contributed by atoms with van der Waals surface area (Å²) >= 11 is 7.74. The lowest BCUT2D eigenvalue weighted by Gasteiger charge is -2.37. The van der Waals surface area contributed by atoms with Gasteiger partial charge in [-0.1, -0.05) is 32.0 Å². The molecule has 178 valence electrons. The molecule has 1 aliphatic heterocycles. The van der Waals surface area contributed by atoms with E-state index in [1.165, 1.54) is 59.3 Å². The molecule has 34 heavy (non-hydrogen) atoms. The number of piperazine rings is 1. The summed E-state index contributed by atoms with van der Waals surface area (Å²) < 4.78 is 0. The van der Waals surface area contributed by atoms with Gasteiger partial charge in [-0.25, -0.2) is 9.97 Å². The maximum Gasteiger partial charge on any atom is 0.173 e. The summed E-state index contributed by atoms with van der Waals surface area (Å²) in [7, 11) is 0. The highest BCUT2D eigenvalue weighted by Crippen LogP contribution is 2.44. The van der Waals surface area contributed by atoms with E-state index < -0.39 is 0 Å². The lowest BCUT2D eigenvalue weighted by Crippen LogP contribution is -2.50. The highest BCUT2D eigenvalue weighted by atomic mass is 32.1. The van der Waals surface area contributed by atoms with Crippen LogP contribution in [0.3, 0.4) is 0 Å². The van der Waals surface area contributed by atoms with Gasteiger partial charge >= 0.3 is 0 Å². The second kappa shape index (κ2) is 9.08. The Morgan fingerprint density at radius 3 is 2.68 bits per heavy atom. The van der Waals surface area contributed by atoms with Crippen LogP contribution >= 0.6 is 23.6 Å². The minimum atomic E-state index is 0.568. The van der Waals surface area contributed by atoms with Gasteiger partial charge in [0.05, 0.1) is 5.39 Å². The predicted molar refractivity (Wildman–Crippen MR) is 146 cm³/mol. The molecule has 2 aromatic heterocycles. The molecule has 1 atom stereocenters. The van der Waals surface area contributed by atoms with Crippen LogP contribution in [0.25, 0.3) is 10.2 Å². The summed E-state index contributed by atoms with van der Waals surface area (Å²) in [5.41, 5.74) is 3.96. The molecule has 1 aromatic carbocycles. The summed E-state index contributed by atoms with van der Waals surface area (Å²) in [6, 6.07) is 8.46. The molecule has 5 nitrogen and oxygen atoms in total. The third-order valence-electron chi connectivity index (χ3n) is 7.60. The molecule has 0 radical (unpaired) electrons. The lowest BCUT2D eigenvalue weighted by atomic mass is 9.89. The van der Waals surface area contributed by atoms with Crippen molar-refractivity contribution in [1.29, 1.82) is 0 Å². The molecule has 0 amide bonds. The average Bonchev–Trinajstić information content (AvgIpc) is 3.64. The Morgan fingerprint density at radius 2 is 1.91 bits per heavy atom. The number of anilines is 2. The summed E-state index contributed by atoms with van der Waals surface area (Å²) in [4.78, 5) is 17.9. The van der Waals surface area contributed by atoms with Crippen molar-refractivity contribution >= 4 is 50.4 Å². The Labute approximate surface area is 211 Å². The maximum absolute atomic E-state index is 5.81. The average molecular weight is 492 g/mol. The number of benzene rings is 1. The van der Waals surface area contributed by atoms with E-state index in [9.17, 15) is 0 Å². The van der Waals surface area contributed by atoms with Gasteiger partial charge in [0.25, 0.3) is 0 Å². The summed E-state index contributed by atoms with van der Waals surface area (Å²) in [6.45, 7) is 8.26. The normalized spacial score (nSPS) is 20.5. The molecule has 1 N–H and O–H groups in total. The third kappa shape index (κ3) is 4.17. The van der Waals surface area contributed by atoms with E-state index in [4.69, 9.17) is 22.2 Å². The van der Waals surface area contributed by atoms with Crippen molar-refractivity contribution in [2.24, 2.45) is 5.92 Å². The quantitative estimate of drug-likeness (QED) is 0.467. The fourth-order valence-electron chi connectivity index (χ4n) is 5.36. The zero-order valence-electron chi connectivity index (χ0n) is 20.1. The number of aromatic nitrogens is 2. The maximum atomic E-state index is 5.81. The number of aryl methyl sites for hydroxylation is 2. The molecule has 1 saturated carbocycles. The van der Waals surface area contributed by atoms with E-state index in [0.29, 0.717) is 5.92 Å². The number of hydrogen-bond acceptors (Lipinski definition) is 5. The van der Waals surface area contributed by atoms with Gasteiger partial charge in [-0.05, 0) is 73.9 Å². The van der Waals surface area contributed by atoms with Crippen LogP contribution in [0.15, 0.2) is 24.3 Å². The van der Waals surface area contributed by atoms with Crippen molar-refractivity contribution in [1.82, 2.24) is 14.9 Å². The van der Waals surface area contributed by atoms with Crippen LogP contribution in [0.4, 0.5) is 11.5 Å². The number of fused-ring (bicyclic) bond motifs is 3. The number of hydrogen-bond donors (Lipinski definition) is 1. The molecule has 0 spiro atoms. The Balaban J connectivity index is 1.23. The Bertz CT molecular complexity index is 1220. The fraction of sp³-hybridized carbons (Fsp3) is 0.519. The smallest absolute Gasteiger partial charge is 0.173 e. The highest BCUT2D eigenvalue weighted by molar-refractivity contribution is 7.80. The van der Waals surface area contributed by atoms with Gasteiger partial charge < -0.3 is 15.1 Å². The summed E-state index contributed by atoms with van der Waals surface area (Å²) in [5, 5.41) is 5.68. The molecule has 2 aliphatic carbocycles. The minimum Gasteiger partial charge on any atom is -0.352 e. The van der Waals surface area contributed by atoms with Crippen LogP contribution in [0.2, 0.25) is 0 Å². The van der Waals surface area contributed by atoms with Gasteiger partial charge in [0.15, 0.2) is 5.11 Å². The molecule has 3 heterocycles. The van der Waals surface area contributed by atoms with Crippen molar-refractivity contribution in [3.63, 3.8) is 0 Å². The van der Waals surface area contributed by atoms with Gasteiger partial charge in [-0.2, -0.15) is 0 Å². The number of rotatable bonds is 4. The first-order chi connectivity index (χ1) is 16.6. The van der Waals surface area contributed by atoms with Gasteiger partial charge in [-0.3, -0.25) is 0 Å². The monoisotopic (exact) mass is 491 g/mol. The topological polar surface area (TPSA) is 44.3 Å². The van der Waals surface area contributed by atoms with Crippen LogP contribution < -0.4 is 10.2 Å². The zero-order valence-corrected chi connectivity index (χ0v) is 21.8. The molecule has 1 saturated heterocycles. The minimum absolute atomic E-state index is 0.568. The van der Waals surface area contributed by atoms with Crippen LogP contribution in [-0.2, 0) is 19.3 Å². The van der Waals surface area contributed by atoms with Crippen molar-refractivity contribution in [3.05, 3.63) is 46.1 Å². The number of nitrogens with zero attached hydrogens (tertiary/aromatic N) is 4. The van der Waals surface area contributed by atoms with E-state index in [1.54, 1.807) is 4.88 Å². The third-order valence-corrected chi connectivity index (χ3v) is 9.11. The second-order valence-electron chi connectivity index (χ2n) is 10.1. The molecular weight excluding hydrogens is 458 g/mol. The molecule has 0 unspecified atom stereocenters. The molecule has 3 aliphatic rings. The largest absolute Gasteiger partial charge is 0.352 e. The van der Waals surface area contributed by atoms with Gasteiger partial charge in [0, 0.05) is 42.7 Å². The predicted octanol–water partition coefficient (Wildman–Crippen LogP) is 5.77. The van der Waals surface area contributed by atoms with E-state index >= 15 is 0 Å². The van der Waals surface area contributed by atoms with Crippen molar-refractivity contribution in [2.45, 2.75) is 58.3 Å². The van der Waals surface area contributed by atoms with E-state index in [2.05, 4.69) is 53.2 Å². The van der Waals surface area contributed by atoms with Crippen LogP contribution in [-0.4, -0.2) is 46.2 Å². The molecule has 6 rings (SSSR count). The van der Waals surface area contributed by atoms with Crippen LogP contribution in [0, 0.1) is 5.92 Å². The Hall–Kier alpha value is -2.25. The molecule has 0 bridgehead atoms. The van der Waals surface area contributed by atoms with E-state index in [0.717, 1.165) is 55.1 Å². The summed E-state index contributed by atoms with van der Waals surface area (Å²) in [5.74, 6) is 3.60. The van der Waals surface area contributed by atoms with E-state index in [1.807, 2.05) is 11.3 Å². The van der Waals surface area contributed by atoms with Crippen molar-refractivity contribution in [3.8, 4) is 0 Å². The first kappa shape index (κ1) is 22.2. The summed E-state index contributed by atoms with van der Waals surface area (Å²) in [6.07, 6.45) is 7.11. The SMILES string of the molecule is CCc1ccccc1NC(=S)N1CCN(c2nc(C3CC3)nc3sc4c(c23)CC[C@H](C)C4)CC1. The van der Waals surface area contributed by atoms with E-state index in [-0.39, 0.29) is 0 Å². The molecule has 3 aromatic rings. The molecule has 2 fully saturated rings. The van der Waals surface area contributed by atoms with Gasteiger partial charge in [0.1, 0.15) is 16.5 Å².